The summed E-state index contributed by atoms with van der Waals surface area (Å²) < 4.78 is 10.1. The van der Waals surface area contributed by atoms with E-state index in [0.29, 0.717) is 39.2 Å². The smallest absolute Gasteiger partial charge is 0.307 e. The highest BCUT2D eigenvalue weighted by Crippen LogP contribution is 2.34. The Morgan fingerprint density at radius 1 is 1.22 bits per heavy atom. The molecule has 2 unspecified atom stereocenters. The molecule has 6 heteroatoms. The van der Waals surface area contributed by atoms with E-state index in [1.165, 1.54) is 0 Å². The van der Waals surface area contributed by atoms with Gasteiger partial charge in [-0.25, -0.2) is 0 Å². The molecule has 18 heavy (non-hydrogen) atoms. The van der Waals surface area contributed by atoms with Gasteiger partial charge in [0.1, 0.15) is 0 Å². The second kappa shape index (κ2) is 8.05. The summed E-state index contributed by atoms with van der Waals surface area (Å²) in [5, 5.41) is 11.6. The van der Waals surface area contributed by atoms with Crippen molar-refractivity contribution in [3.8, 4) is 0 Å². The number of carbonyl (C=O) groups is 2. The van der Waals surface area contributed by atoms with E-state index >= 15 is 0 Å². The van der Waals surface area contributed by atoms with E-state index in [9.17, 15) is 9.59 Å². The highest BCUT2D eigenvalue weighted by atomic mass is 16.5. The van der Waals surface area contributed by atoms with Gasteiger partial charge in [0.25, 0.3) is 0 Å². The number of ether oxygens (including phenoxy) is 2. The van der Waals surface area contributed by atoms with Crippen molar-refractivity contribution < 1.29 is 24.2 Å². The molecule has 0 aromatic rings. The second-order valence-electron chi connectivity index (χ2n) is 4.38. The number of carboxylic acid groups (broad SMARTS) is 1. The molecule has 2 N–H and O–H groups in total. The number of nitrogens with one attached hydrogen (secondary N) is 1. The fourth-order valence-electron chi connectivity index (χ4n) is 1.87. The van der Waals surface area contributed by atoms with E-state index in [-0.39, 0.29) is 11.8 Å². The summed E-state index contributed by atoms with van der Waals surface area (Å²) in [7, 11) is 1.61. The van der Waals surface area contributed by atoms with Crippen molar-refractivity contribution in [3.63, 3.8) is 0 Å². The second-order valence-corrected chi connectivity index (χ2v) is 4.38. The summed E-state index contributed by atoms with van der Waals surface area (Å²) in [4.78, 5) is 22.4. The lowest BCUT2D eigenvalue weighted by molar-refractivity contribution is -0.152. The molecule has 1 amide bonds. The van der Waals surface area contributed by atoms with Gasteiger partial charge in [-0.05, 0) is 19.3 Å². The number of carboxylic acids is 1. The maximum absolute atomic E-state index is 11.6. The van der Waals surface area contributed by atoms with Crippen LogP contribution in [0.5, 0.6) is 0 Å². The third-order valence-electron chi connectivity index (χ3n) is 3.12. The first-order valence-corrected chi connectivity index (χ1v) is 6.24. The van der Waals surface area contributed by atoms with Crippen LogP contribution < -0.4 is 5.32 Å². The van der Waals surface area contributed by atoms with Gasteiger partial charge in [-0.2, -0.15) is 0 Å². The molecule has 2 atom stereocenters. The van der Waals surface area contributed by atoms with Gasteiger partial charge < -0.3 is 19.9 Å². The van der Waals surface area contributed by atoms with Gasteiger partial charge in [0, 0.05) is 20.3 Å². The standard InChI is InChI=1S/C12H21NO5/c1-17-7-8-18-6-2-5-13-11(14)9-3-4-10(9)12(15)16/h9-10H,2-8H2,1H3,(H,13,14)(H,15,16). The molecule has 0 spiro atoms. The molecule has 0 heterocycles. The van der Waals surface area contributed by atoms with Crippen LogP contribution in [0, 0.1) is 11.8 Å². The van der Waals surface area contributed by atoms with E-state index in [4.69, 9.17) is 14.6 Å². The number of rotatable bonds is 9. The lowest BCUT2D eigenvalue weighted by atomic mass is 9.73. The molecule has 1 aliphatic carbocycles. The highest BCUT2D eigenvalue weighted by molar-refractivity contribution is 5.86. The van der Waals surface area contributed by atoms with Gasteiger partial charge >= 0.3 is 5.97 Å². The molecule has 0 bridgehead atoms. The number of hydrogen-bond donors (Lipinski definition) is 2. The summed E-state index contributed by atoms with van der Waals surface area (Å²) in [5.41, 5.74) is 0. The van der Waals surface area contributed by atoms with Gasteiger partial charge in [-0.3, -0.25) is 9.59 Å². The first kappa shape index (κ1) is 14.9. The van der Waals surface area contributed by atoms with Gasteiger partial charge in [-0.15, -0.1) is 0 Å². The van der Waals surface area contributed by atoms with Crippen LogP contribution in [0.2, 0.25) is 0 Å². The third-order valence-corrected chi connectivity index (χ3v) is 3.12. The van der Waals surface area contributed by atoms with Gasteiger partial charge in [0.05, 0.1) is 25.0 Å². The minimum Gasteiger partial charge on any atom is -0.481 e. The number of methoxy groups -OCH3 is 1. The average molecular weight is 259 g/mol. The minimum absolute atomic E-state index is 0.148. The van der Waals surface area contributed by atoms with Crippen LogP contribution >= 0.6 is 0 Å². The number of carbonyl (C=O) groups excluding carboxylic acids is 1. The quantitative estimate of drug-likeness (QED) is 0.580. The van der Waals surface area contributed by atoms with Crippen LogP contribution in [0.3, 0.4) is 0 Å². The van der Waals surface area contributed by atoms with E-state index in [1.807, 2.05) is 0 Å². The Morgan fingerprint density at radius 2 is 1.94 bits per heavy atom. The maximum Gasteiger partial charge on any atom is 0.307 e. The highest BCUT2D eigenvalue weighted by Gasteiger charge is 2.41. The molecule has 6 nitrogen and oxygen atoms in total. The third kappa shape index (κ3) is 4.62. The Kier molecular flexibility index (Phi) is 6.67. The lowest BCUT2D eigenvalue weighted by Gasteiger charge is -2.31. The van der Waals surface area contributed by atoms with Crippen molar-refractivity contribution in [2.24, 2.45) is 11.8 Å². The fourth-order valence-corrected chi connectivity index (χ4v) is 1.87. The molecule has 0 aromatic heterocycles. The molecule has 1 rings (SSSR count). The first-order valence-electron chi connectivity index (χ1n) is 6.24. The van der Waals surface area contributed by atoms with Gasteiger partial charge in [0.2, 0.25) is 5.91 Å². The van der Waals surface area contributed by atoms with Crippen LogP contribution in [0.4, 0.5) is 0 Å². The van der Waals surface area contributed by atoms with Crippen LogP contribution in [-0.4, -0.2) is 50.5 Å². The molecule has 1 aliphatic rings. The molecule has 0 aromatic carbocycles. The molecule has 0 radical (unpaired) electrons. The Morgan fingerprint density at radius 3 is 2.50 bits per heavy atom. The molecular weight excluding hydrogens is 238 g/mol. The van der Waals surface area contributed by atoms with Crippen molar-refractivity contribution >= 4 is 11.9 Å². The minimum atomic E-state index is -0.871. The van der Waals surface area contributed by atoms with Crippen LogP contribution in [0.1, 0.15) is 19.3 Å². The van der Waals surface area contributed by atoms with Crippen molar-refractivity contribution in [2.45, 2.75) is 19.3 Å². The molecular formula is C12H21NO5. The zero-order chi connectivity index (χ0) is 13.4. The Bertz CT molecular complexity index is 282. The largest absolute Gasteiger partial charge is 0.481 e. The summed E-state index contributed by atoms with van der Waals surface area (Å²) in [6, 6.07) is 0. The van der Waals surface area contributed by atoms with Crippen molar-refractivity contribution in [1.29, 1.82) is 0 Å². The van der Waals surface area contributed by atoms with E-state index in [2.05, 4.69) is 5.32 Å². The predicted molar refractivity (Wildman–Crippen MR) is 64.2 cm³/mol. The zero-order valence-electron chi connectivity index (χ0n) is 10.7. The van der Waals surface area contributed by atoms with Crippen LogP contribution in [0.15, 0.2) is 0 Å². The average Bonchev–Trinajstić information content (AvgIpc) is 2.25. The van der Waals surface area contributed by atoms with Crippen molar-refractivity contribution in [1.82, 2.24) is 5.32 Å². The fraction of sp³-hybridized carbons (Fsp3) is 0.833. The van der Waals surface area contributed by atoms with Crippen molar-refractivity contribution in [2.75, 3.05) is 33.5 Å². The predicted octanol–water partition coefficient (Wildman–Crippen LogP) is 0.266. The van der Waals surface area contributed by atoms with Crippen LogP contribution in [-0.2, 0) is 19.1 Å². The molecule has 1 fully saturated rings. The van der Waals surface area contributed by atoms with Gasteiger partial charge in [-0.1, -0.05) is 0 Å². The van der Waals surface area contributed by atoms with Crippen LogP contribution in [0.25, 0.3) is 0 Å². The topological polar surface area (TPSA) is 84.9 Å². The lowest BCUT2D eigenvalue weighted by Crippen LogP contribution is -2.44. The monoisotopic (exact) mass is 259 g/mol. The first-order chi connectivity index (χ1) is 8.66. The summed E-state index contributed by atoms with van der Waals surface area (Å²) >= 11 is 0. The molecule has 104 valence electrons. The molecule has 1 saturated carbocycles. The van der Waals surface area contributed by atoms with E-state index in [1.54, 1.807) is 7.11 Å². The van der Waals surface area contributed by atoms with Gasteiger partial charge in [0.15, 0.2) is 0 Å². The molecule has 0 saturated heterocycles. The summed E-state index contributed by atoms with van der Waals surface area (Å²) in [5.74, 6) is -1.87. The SMILES string of the molecule is COCCOCCCNC(=O)C1CCC1C(=O)O. The van der Waals surface area contributed by atoms with Crippen molar-refractivity contribution in [3.05, 3.63) is 0 Å². The number of amides is 1. The summed E-state index contributed by atoms with van der Waals surface area (Å²) in [6.45, 7) is 2.20. The maximum atomic E-state index is 11.6. The Labute approximate surface area is 107 Å². The zero-order valence-corrected chi connectivity index (χ0v) is 10.7. The number of hydrogen-bond acceptors (Lipinski definition) is 4. The van der Waals surface area contributed by atoms with E-state index in [0.717, 1.165) is 6.42 Å². The Hall–Kier alpha value is -1.14. The summed E-state index contributed by atoms with van der Waals surface area (Å²) in [6.07, 6.45) is 2.00. The Balaban J connectivity index is 2.02. The molecule has 0 aliphatic heterocycles. The van der Waals surface area contributed by atoms with E-state index < -0.39 is 11.9 Å². The number of aliphatic carboxylic acids is 1. The normalized spacial score (nSPS) is 22.3.